The van der Waals surface area contributed by atoms with Crippen LogP contribution in [0.2, 0.25) is 0 Å². The van der Waals surface area contributed by atoms with Crippen molar-refractivity contribution in [1.82, 2.24) is 0 Å². The van der Waals surface area contributed by atoms with Gasteiger partial charge in [0.1, 0.15) is 5.78 Å². The minimum absolute atomic E-state index is 0.125. The lowest BCUT2D eigenvalue weighted by Gasteiger charge is -2.42. The van der Waals surface area contributed by atoms with E-state index in [1.54, 1.807) is 6.07 Å². The van der Waals surface area contributed by atoms with Crippen LogP contribution in [0.3, 0.4) is 0 Å². The molecule has 0 aromatic heterocycles. The second-order valence-electron chi connectivity index (χ2n) is 4.80. The highest BCUT2D eigenvalue weighted by atomic mass is 19.1. The number of methoxy groups -OCH3 is 1. The van der Waals surface area contributed by atoms with Crippen LogP contribution in [0.5, 0.6) is 5.75 Å². The monoisotopic (exact) mass is 222 g/mol. The predicted molar refractivity (Wildman–Crippen MR) is 59.1 cm³/mol. The summed E-state index contributed by atoms with van der Waals surface area (Å²) in [6.45, 7) is 3.82. The zero-order chi connectivity index (χ0) is 11.9. The lowest BCUT2D eigenvalue weighted by molar-refractivity contribution is -0.137. The molecule has 86 valence electrons. The maximum Gasteiger partial charge on any atom is 0.165 e. The molecule has 0 bridgehead atoms. The van der Waals surface area contributed by atoms with Crippen LogP contribution in [0.1, 0.15) is 31.7 Å². The highest BCUT2D eigenvalue weighted by molar-refractivity contribution is 5.92. The molecule has 1 saturated carbocycles. The molecule has 16 heavy (non-hydrogen) atoms. The molecule has 1 atom stereocenters. The molecular formula is C13H15FO2. The Hall–Kier alpha value is -1.38. The Kier molecular flexibility index (Phi) is 2.49. The Morgan fingerprint density at radius 1 is 1.44 bits per heavy atom. The summed E-state index contributed by atoms with van der Waals surface area (Å²) in [7, 11) is 1.44. The van der Waals surface area contributed by atoms with E-state index in [0.717, 1.165) is 5.56 Å². The summed E-state index contributed by atoms with van der Waals surface area (Å²) in [6.07, 6.45) is 0.513. The van der Waals surface area contributed by atoms with Crippen molar-refractivity contribution in [2.24, 2.45) is 5.41 Å². The summed E-state index contributed by atoms with van der Waals surface area (Å²) in [5.41, 5.74) is 0.518. The largest absolute Gasteiger partial charge is 0.494 e. The van der Waals surface area contributed by atoms with Crippen molar-refractivity contribution in [2.45, 2.75) is 26.2 Å². The molecule has 1 unspecified atom stereocenters. The minimum atomic E-state index is -0.366. The summed E-state index contributed by atoms with van der Waals surface area (Å²) in [6, 6.07) is 4.92. The average Bonchev–Trinajstić information content (AvgIpc) is 2.25. The molecule has 1 fully saturated rings. The van der Waals surface area contributed by atoms with Crippen molar-refractivity contribution in [1.29, 1.82) is 0 Å². The molecule has 0 N–H and O–H groups in total. The number of carbonyl (C=O) groups excluding carboxylic acids is 1. The maximum absolute atomic E-state index is 13.5. The molecule has 0 spiro atoms. The number of hydrogen-bond donors (Lipinski definition) is 0. The molecule has 1 aliphatic carbocycles. The quantitative estimate of drug-likeness (QED) is 0.769. The third kappa shape index (κ3) is 1.51. The van der Waals surface area contributed by atoms with Crippen LogP contribution in [0.4, 0.5) is 4.39 Å². The molecule has 1 aliphatic rings. The predicted octanol–water partition coefficient (Wildman–Crippen LogP) is 2.92. The number of halogens is 1. The van der Waals surface area contributed by atoms with Crippen LogP contribution in [0.25, 0.3) is 0 Å². The molecule has 1 aromatic rings. The molecule has 2 nitrogen and oxygen atoms in total. The average molecular weight is 222 g/mol. The van der Waals surface area contributed by atoms with E-state index in [1.807, 2.05) is 19.9 Å². The smallest absolute Gasteiger partial charge is 0.165 e. The Balaban J connectivity index is 2.30. The molecule has 1 aromatic carbocycles. The van der Waals surface area contributed by atoms with Crippen molar-refractivity contribution >= 4 is 5.78 Å². The summed E-state index contributed by atoms with van der Waals surface area (Å²) in [5, 5.41) is 0. The van der Waals surface area contributed by atoms with E-state index in [2.05, 4.69) is 0 Å². The van der Waals surface area contributed by atoms with Gasteiger partial charge in [0, 0.05) is 17.8 Å². The summed E-state index contributed by atoms with van der Waals surface area (Å²) in [4.78, 5) is 11.4. The van der Waals surface area contributed by atoms with E-state index in [4.69, 9.17) is 4.74 Å². The summed E-state index contributed by atoms with van der Waals surface area (Å²) >= 11 is 0. The number of rotatable bonds is 2. The van der Waals surface area contributed by atoms with Crippen molar-refractivity contribution in [3.8, 4) is 5.75 Å². The van der Waals surface area contributed by atoms with E-state index < -0.39 is 0 Å². The van der Waals surface area contributed by atoms with Crippen LogP contribution in [-0.2, 0) is 4.79 Å². The van der Waals surface area contributed by atoms with Gasteiger partial charge < -0.3 is 4.74 Å². The fourth-order valence-electron chi connectivity index (χ4n) is 2.20. The highest BCUT2D eigenvalue weighted by Crippen LogP contribution is 2.49. The van der Waals surface area contributed by atoms with Crippen molar-refractivity contribution in [2.75, 3.05) is 7.11 Å². The Morgan fingerprint density at radius 2 is 2.12 bits per heavy atom. The van der Waals surface area contributed by atoms with Gasteiger partial charge in [0.05, 0.1) is 7.11 Å². The van der Waals surface area contributed by atoms with E-state index in [1.165, 1.54) is 13.2 Å². The van der Waals surface area contributed by atoms with Gasteiger partial charge in [-0.05, 0) is 17.7 Å². The lowest BCUT2D eigenvalue weighted by atomic mass is 9.59. The Morgan fingerprint density at radius 3 is 2.56 bits per heavy atom. The van der Waals surface area contributed by atoms with Gasteiger partial charge in [0.2, 0.25) is 0 Å². The van der Waals surface area contributed by atoms with Crippen LogP contribution >= 0.6 is 0 Å². The molecule has 0 aliphatic heterocycles. The standard InChI is InChI=1S/C13H15FO2/c1-13(2)9(7-12(13)15)8-4-5-11(16-3)10(14)6-8/h4-6,9H,7H2,1-3H3. The van der Waals surface area contributed by atoms with Crippen LogP contribution in [-0.4, -0.2) is 12.9 Å². The number of carbonyl (C=O) groups is 1. The van der Waals surface area contributed by atoms with Crippen molar-refractivity contribution in [3.63, 3.8) is 0 Å². The van der Waals surface area contributed by atoms with E-state index in [9.17, 15) is 9.18 Å². The van der Waals surface area contributed by atoms with Crippen molar-refractivity contribution in [3.05, 3.63) is 29.6 Å². The SMILES string of the molecule is COc1ccc(C2CC(=O)C2(C)C)cc1F. The minimum Gasteiger partial charge on any atom is -0.494 e. The Bertz CT molecular complexity index is 438. The van der Waals surface area contributed by atoms with Gasteiger partial charge in [0.25, 0.3) is 0 Å². The molecule has 3 heteroatoms. The van der Waals surface area contributed by atoms with E-state index in [0.29, 0.717) is 6.42 Å². The third-order valence-corrected chi connectivity index (χ3v) is 3.56. The fourth-order valence-corrected chi connectivity index (χ4v) is 2.20. The number of benzene rings is 1. The number of ether oxygens (including phenoxy) is 1. The zero-order valence-corrected chi connectivity index (χ0v) is 9.71. The zero-order valence-electron chi connectivity index (χ0n) is 9.71. The Labute approximate surface area is 94.4 Å². The molecule has 2 rings (SSSR count). The molecule has 0 saturated heterocycles. The van der Waals surface area contributed by atoms with Crippen molar-refractivity contribution < 1.29 is 13.9 Å². The van der Waals surface area contributed by atoms with E-state index >= 15 is 0 Å². The third-order valence-electron chi connectivity index (χ3n) is 3.56. The first-order valence-electron chi connectivity index (χ1n) is 5.33. The normalized spacial score (nSPS) is 22.8. The first-order valence-corrected chi connectivity index (χ1v) is 5.33. The number of Topliss-reactive ketones (excluding diaryl/α,β-unsaturated/α-hetero) is 1. The van der Waals surface area contributed by atoms with Crippen LogP contribution in [0, 0.1) is 11.2 Å². The fraction of sp³-hybridized carbons (Fsp3) is 0.462. The van der Waals surface area contributed by atoms with Gasteiger partial charge in [-0.25, -0.2) is 4.39 Å². The number of hydrogen-bond acceptors (Lipinski definition) is 2. The van der Waals surface area contributed by atoms with Gasteiger partial charge in [-0.15, -0.1) is 0 Å². The van der Waals surface area contributed by atoms with Gasteiger partial charge in [0.15, 0.2) is 11.6 Å². The van der Waals surface area contributed by atoms with Crippen LogP contribution in [0.15, 0.2) is 18.2 Å². The maximum atomic E-state index is 13.5. The second-order valence-corrected chi connectivity index (χ2v) is 4.80. The molecule has 0 radical (unpaired) electrons. The van der Waals surface area contributed by atoms with Crippen LogP contribution < -0.4 is 4.74 Å². The number of ketones is 1. The first kappa shape index (κ1) is 11.1. The molecular weight excluding hydrogens is 207 g/mol. The lowest BCUT2D eigenvalue weighted by Crippen LogP contribution is -2.43. The summed E-state index contributed by atoms with van der Waals surface area (Å²) < 4.78 is 18.4. The highest BCUT2D eigenvalue weighted by Gasteiger charge is 2.47. The summed E-state index contributed by atoms with van der Waals surface area (Å²) in [5.74, 6) is 0.247. The van der Waals surface area contributed by atoms with Gasteiger partial charge in [-0.1, -0.05) is 19.9 Å². The first-order chi connectivity index (χ1) is 7.46. The van der Waals surface area contributed by atoms with Gasteiger partial charge in [-0.3, -0.25) is 4.79 Å². The molecule has 0 heterocycles. The van der Waals surface area contributed by atoms with E-state index in [-0.39, 0.29) is 28.7 Å². The van der Waals surface area contributed by atoms with Gasteiger partial charge >= 0.3 is 0 Å². The van der Waals surface area contributed by atoms with Gasteiger partial charge in [-0.2, -0.15) is 0 Å². The molecule has 0 amide bonds. The topological polar surface area (TPSA) is 26.3 Å². The second kappa shape index (κ2) is 3.58.